The summed E-state index contributed by atoms with van der Waals surface area (Å²) in [4.78, 5) is 8.79. The van der Waals surface area contributed by atoms with Crippen LogP contribution in [0.15, 0.2) is 41.5 Å². The van der Waals surface area contributed by atoms with Crippen molar-refractivity contribution >= 4 is 52.6 Å². The lowest BCUT2D eigenvalue weighted by Gasteiger charge is -2.23. The minimum Gasteiger partial charge on any atom is -0.356 e. The summed E-state index contributed by atoms with van der Waals surface area (Å²) in [6.45, 7) is 6.15. The zero-order valence-corrected chi connectivity index (χ0v) is 17.9. The van der Waals surface area contributed by atoms with Gasteiger partial charge in [0.2, 0.25) is 0 Å². The van der Waals surface area contributed by atoms with Gasteiger partial charge in [-0.15, -0.1) is 24.0 Å². The van der Waals surface area contributed by atoms with Crippen LogP contribution in [-0.2, 0) is 6.42 Å². The monoisotopic (exact) mass is 458 g/mol. The normalized spacial score (nSPS) is 11.9. The van der Waals surface area contributed by atoms with Crippen molar-refractivity contribution < 1.29 is 0 Å². The Bertz CT molecular complexity index is 668. The summed E-state index contributed by atoms with van der Waals surface area (Å²) in [6.07, 6.45) is 4.90. The molecule has 0 radical (unpaired) electrons. The number of hydrogen-bond donors (Lipinski definition) is 2. The van der Waals surface area contributed by atoms with Crippen molar-refractivity contribution in [3.63, 3.8) is 0 Å². The first-order valence-electron chi connectivity index (χ1n) is 7.88. The summed E-state index contributed by atoms with van der Waals surface area (Å²) in [5.41, 5.74) is 2.35. The van der Waals surface area contributed by atoms with Crippen molar-refractivity contribution in [3.05, 3.63) is 42.1 Å². The van der Waals surface area contributed by atoms with E-state index in [2.05, 4.69) is 65.0 Å². The fourth-order valence-corrected chi connectivity index (χ4v) is 2.49. The molecule has 0 saturated heterocycles. The highest BCUT2D eigenvalue weighted by atomic mass is 127. The Morgan fingerprint density at radius 2 is 1.96 bits per heavy atom. The number of para-hydroxylation sites is 1. The molecule has 24 heavy (non-hydrogen) atoms. The van der Waals surface area contributed by atoms with Crippen LogP contribution in [0.25, 0.3) is 10.9 Å². The molecule has 6 heteroatoms. The number of nitrogens with one attached hydrogen (secondary N) is 2. The molecular formula is C18H27IN4S. The first kappa shape index (κ1) is 21.0. The highest BCUT2D eigenvalue weighted by Gasteiger charge is 2.16. The maximum Gasteiger partial charge on any atom is 0.191 e. The molecule has 0 bridgehead atoms. The van der Waals surface area contributed by atoms with E-state index in [0.717, 1.165) is 31.0 Å². The third-order valence-corrected chi connectivity index (χ3v) is 5.11. The van der Waals surface area contributed by atoms with Gasteiger partial charge in [-0.1, -0.05) is 24.3 Å². The quantitative estimate of drug-likeness (QED) is 0.394. The smallest absolute Gasteiger partial charge is 0.191 e. The number of aromatic nitrogens is 1. The van der Waals surface area contributed by atoms with Crippen molar-refractivity contribution in [3.8, 4) is 0 Å². The van der Waals surface area contributed by atoms with Crippen molar-refractivity contribution in [1.82, 2.24) is 15.6 Å². The number of thioether (sulfide) groups is 1. The number of pyridine rings is 1. The van der Waals surface area contributed by atoms with Gasteiger partial charge in [0.25, 0.3) is 0 Å². The molecule has 2 aromatic rings. The number of rotatable bonds is 6. The van der Waals surface area contributed by atoms with Gasteiger partial charge >= 0.3 is 0 Å². The highest BCUT2D eigenvalue weighted by molar-refractivity contribution is 14.0. The minimum absolute atomic E-state index is 0. The summed E-state index contributed by atoms with van der Waals surface area (Å²) in [7, 11) is 1.81. The number of guanidine groups is 1. The molecule has 4 nitrogen and oxygen atoms in total. The Labute approximate surface area is 166 Å². The Morgan fingerprint density at radius 3 is 2.67 bits per heavy atom. The average molecular weight is 458 g/mol. The van der Waals surface area contributed by atoms with Crippen molar-refractivity contribution in [2.24, 2.45) is 4.99 Å². The van der Waals surface area contributed by atoms with Crippen LogP contribution in [0.4, 0.5) is 0 Å². The van der Waals surface area contributed by atoms with E-state index in [9.17, 15) is 0 Å². The number of fused-ring (bicyclic) bond motifs is 1. The van der Waals surface area contributed by atoms with Crippen molar-refractivity contribution in [2.45, 2.75) is 25.0 Å². The van der Waals surface area contributed by atoms with E-state index >= 15 is 0 Å². The van der Waals surface area contributed by atoms with E-state index in [-0.39, 0.29) is 28.7 Å². The fraction of sp³-hybridized carbons (Fsp3) is 0.444. The molecule has 0 aliphatic carbocycles. The van der Waals surface area contributed by atoms with Gasteiger partial charge < -0.3 is 10.6 Å². The number of aliphatic imine (C=N–C) groups is 1. The number of halogens is 1. The lowest BCUT2D eigenvalue weighted by atomic mass is 10.1. The van der Waals surface area contributed by atoms with Gasteiger partial charge in [0.15, 0.2) is 5.96 Å². The van der Waals surface area contributed by atoms with E-state index < -0.39 is 0 Å². The summed E-state index contributed by atoms with van der Waals surface area (Å²) < 4.78 is 0.192. The van der Waals surface area contributed by atoms with Crippen LogP contribution < -0.4 is 10.6 Å². The third-order valence-electron chi connectivity index (χ3n) is 3.86. The predicted molar refractivity (Wildman–Crippen MR) is 118 cm³/mol. The Hall–Kier alpha value is -1.02. The van der Waals surface area contributed by atoms with Crippen LogP contribution in [0.3, 0.4) is 0 Å². The summed E-state index contributed by atoms with van der Waals surface area (Å²) in [6, 6.07) is 10.4. The average Bonchev–Trinajstić information content (AvgIpc) is 2.58. The van der Waals surface area contributed by atoms with E-state index in [0.29, 0.717) is 0 Å². The molecule has 0 spiro atoms. The highest BCUT2D eigenvalue weighted by Crippen LogP contribution is 2.19. The molecule has 1 heterocycles. The van der Waals surface area contributed by atoms with E-state index in [1.807, 2.05) is 24.0 Å². The first-order chi connectivity index (χ1) is 11.1. The Morgan fingerprint density at radius 1 is 1.21 bits per heavy atom. The van der Waals surface area contributed by atoms with Crippen LogP contribution in [0.2, 0.25) is 0 Å². The molecule has 0 saturated carbocycles. The molecule has 0 unspecified atom stereocenters. The summed E-state index contributed by atoms with van der Waals surface area (Å²) >= 11 is 1.85. The van der Waals surface area contributed by atoms with Gasteiger partial charge in [0.05, 0.1) is 5.52 Å². The zero-order valence-electron chi connectivity index (χ0n) is 14.8. The van der Waals surface area contributed by atoms with Crippen LogP contribution >= 0.6 is 35.7 Å². The van der Waals surface area contributed by atoms with Crippen LogP contribution in [0.1, 0.15) is 19.4 Å². The molecule has 2 N–H and O–H groups in total. The van der Waals surface area contributed by atoms with Gasteiger partial charge in [0.1, 0.15) is 0 Å². The fourth-order valence-electron chi connectivity index (χ4n) is 2.27. The maximum absolute atomic E-state index is 4.50. The number of benzene rings is 1. The van der Waals surface area contributed by atoms with Crippen molar-refractivity contribution in [1.29, 1.82) is 0 Å². The molecule has 2 rings (SSSR count). The Balaban J connectivity index is 0.00000288. The second-order valence-electron chi connectivity index (χ2n) is 6.06. The number of nitrogens with zero attached hydrogens (tertiary/aromatic N) is 2. The third kappa shape index (κ3) is 6.12. The van der Waals surface area contributed by atoms with Gasteiger partial charge in [0, 0.05) is 36.5 Å². The molecular weight excluding hydrogens is 431 g/mol. The molecule has 1 aromatic heterocycles. The van der Waals surface area contributed by atoms with E-state index in [4.69, 9.17) is 0 Å². The second-order valence-corrected chi connectivity index (χ2v) is 7.57. The molecule has 0 amide bonds. The zero-order chi connectivity index (χ0) is 16.7. The first-order valence-corrected chi connectivity index (χ1v) is 9.10. The minimum atomic E-state index is 0. The van der Waals surface area contributed by atoms with Gasteiger partial charge in [-0.25, -0.2) is 0 Å². The van der Waals surface area contributed by atoms with Crippen LogP contribution in [0.5, 0.6) is 0 Å². The molecule has 132 valence electrons. The molecule has 1 aromatic carbocycles. The molecule has 0 aliphatic heterocycles. The SMILES string of the molecule is CN=C(NCCc1cccc2cccnc12)NCC(C)(C)SC.I. The number of hydrogen-bond acceptors (Lipinski definition) is 3. The molecule has 0 aliphatic rings. The maximum atomic E-state index is 4.50. The standard InChI is InChI=1S/C18H26N4S.HI/c1-18(2,23-4)13-22-17(19-3)21-12-10-15-8-5-7-14-9-6-11-20-16(14)15;/h5-9,11H,10,12-13H2,1-4H3,(H2,19,21,22);1H. The lowest BCUT2D eigenvalue weighted by Crippen LogP contribution is -2.43. The van der Waals surface area contributed by atoms with E-state index in [1.54, 1.807) is 7.05 Å². The van der Waals surface area contributed by atoms with Gasteiger partial charge in [-0.2, -0.15) is 11.8 Å². The van der Waals surface area contributed by atoms with Crippen LogP contribution in [-0.4, -0.2) is 42.1 Å². The second kappa shape index (κ2) is 10.1. The summed E-state index contributed by atoms with van der Waals surface area (Å²) in [5, 5.41) is 7.96. The predicted octanol–water partition coefficient (Wildman–Crippen LogP) is 3.70. The summed E-state index contributed by atoms with van der Waals surface area (Å²) in [5.74, 6) is 0.848. The topological polar surface area (TPSA) is 49.3 Å². The molecule has 0 atom stereocenters. The molecule has 0 fully saturated rings. The lowest BCUT2D eigenvalue weighted by molar-refractivity contribution is 0.664. The van der Waals surface area contributed by atoms with Gasteiger partial charge in [-0.3, -0.25) is 9.98 Å². The van der Waals surface area contributed by atoms with Crippen LogP contribution in [0, 0.1) is 0 Å². The largest absolute Gasteiger partial charge is 0.356 e. The van der Waals surface area contributed by atoms with Gasteiger partial charge in [-0.05, 0) is 38.2 Å². The van der Waals surface area contributed by atoms with E-state index in [1.165, 1.54) is 10.9 Å². The van der Waals surface area contributed by atoms with Crippen molar-refractivity contribution in [2.75, 3.05) is 26.4 Å². The Kier molecular flexibility index (Phi) is 8.83.